The number of benzene rings is 1. The molecular formula is C24H29Cl2N7O. The van der Waals surface area contributed by atoms with E-state index >= 15 is 0 Å². The maximum absolute atomic E-state index is 10.7. The lowest BCUT2D eigenvalue weighted by atomic mass is 9.80. The van der Waals surface area contributed by atoms with Gasteiger partial charge in [0.2, 0.25) is 5.65 Å². The molecule has 0 radical (unpaired) electrons. The number of rotatable bonds is 3. The average Bonchev–Trinajstić information content (AvgIpc) is 3.15. The first-order valence-electron chi connectivity index (χ1n) is 10.8. The Kier molecular flexibility index (Phi) is 7.17. The summed E-state index contributed by atoms with van der Waals surface area (Å²) in [7, 11) is 0. The second-order valence-corrected chi connectivity index (χ2v) is 9.90. The van der Waals surface area contributed by atoms with Gasteiger partial charge in [-0.2, -0.15) is 0 Å². The van der Waals surface area contributed by atoms with Crippen molar-refractivity contribution in [2.45, 2.75) is 57.7 Å². The van der Waals surface area contributed by atoms with Gasteiger partial charge in [0.05, 0.1) is 11.7 Å². The summed E-state index contributed by atoms with van der Waals surface area (Å²) in [5.74, 6) is 0.141. The van der Waals surface area contributed by atoms with Crippen LogP contribution in [0.15, 0.2) is 48.8 Å². The summed E-state index contributed by atoms with van der Waals surface area (Å²) in [6.45, 7) is 8.84. The Morgan fingerprint density at radius 2 is 1.56 bits per heavy atom. The van der Waals surface area contributed by atoms with E-state index in [1.807, 2.05) is 35.0 Å². The predicted octanol–water partition coefficient (Wildman–Crippen LogP) is 4.98. The van der Waals surface area contributed by atoms with Gasteiger partial charge in [0.25, 0.3) is 0 Å². The topological polar surface area (TPSA) is 102 Å². The summed E-state index contributed by atoms with van der Waals surface area (Å²) in [6.07, 6.45) is 5.31. The summed E-state index contributed by atoms with van der Waals surface area (Å²) in [6, 6.07) is 11.4. The Morgan fingerprint density at radius 3 is 2.21 bits per heavy atom. The molecule has 1 saturated heterocycles. The minimum atomic E-state index is -0.0135. The van der Waals surface area contributed by atoms with E-state index in [4.69, 9.17) is 0 Å². The zero-order chi connectivity index (χ0) is 22.5. The highest BCUT2D eigenvalue weighted by Crippen LogP contribution is 2.37. The van der Waals surface area contributed by atoms with Gasteiger partial charge in [-0.05, 0) is 82.0 Å². The molecule has 0 saturated carbocycles. The Hall–Kier alpha value is -2.81. The van der Waals surface area contributed by atoms with Crippen molar-refractivity contribution in [2.24, 2.45) is 0 Å². The Balaban J connectivity index is 0.00000162. The minimum absolute atomic E-state index is 0. The van der Waals surface area contributed by atoms with Crippen molar-refractivity contribution in [1.29, 1.82) is 0 Å². The second kappa shape index (κ2) is 9.44. The van der Waals surface area contributed by atoms with E-state index in [9.17, 15) is 5.11 Å². The van der Waals surface area contributed by atoms with Gasteiger partial charge in [-0.15, -0.1) is 40.1 Å². The maximum atomic E-state index is 10.7. The van der Waals surface area contributed by atoms with Crippen LogP contribution in [0.25, 0.3) is 33.5 Å². The number of phenols is 1. The lowest BCUT2D eigenvalue weighted by Gasteiger charge is -2.46. The molecule has 8 nitrogen and oxygen atoms in total. The molecule has 0 amide bonds. The first-order valence-corrected chi connectivity index (χ1v) is 10.8. The zero-order valence-corrected chi connectivity index (χ0v) is 21.2. The van der Waals surface area contributed by atoms with Gasteiger partial charge < -0.3 is 10.4 Å². The first kappa shape index (κ1) is 25.8. The van der Waals surface area contributed by atoms with Gasteiger partial charge in [-0.3, -0.25) is 4.98 Å². The van der Waals surface area contributed by atoms with E-state index in [0.29, 0.717) is 22.4 Å². The highest BCUT2D eigenvalue weighted by Gasteiger charge is 2.39. The van der Waals surface area contributed by atoms with E-state index < -0.39 is 0 Å². The van der Waals surface area contributed by atoms with Crippen molar-refractivity contribution < 1.29 is 5.11 Å². The van der Waals surface area contributed by atoms with Crippen LogP contribution in [0.2, 0.25) is 0 Å². The normalized spacial score (nSPS) is 17.1. The molecule has 34 heavy (non-hydrogen) atoms. The number of hydrogen-bond donors (Lipinski definition) is 2. The zero-order valence-electron chi connectivity index (χ0n) is 19.6. The van der Waals surface area contributed by atoms with E-state index in [2.05, 4.69) is 58.5 Å². The number of pyridine rings is 1. The van der Waals surface area contributed by atoms with Crippen LogP contribution in [0.1, 0.15) is 46.6 Å². The number of hydrogen-bond acceptors (Lipinski definition) is 7. The molecule has 10 heteroatoms. The monoisotopic (exact) mass is 501 g/mol. The summed E-state index contributed by atoms with van der Waals surface area (Å²) >= 11 is 0. The fourth-order valence-electron chi connectivity index (χ4n) is 5.04. The molecule has 2 N–H and O–H groups in total. The van der Waals surface area contributed by atoms with Crippen molar-refractivity contribution in [1.82, 2.24) is 35.5 Å². The van der Waals surface area contributed by atoms with E-state index in [-0.39, 0.29) is 47.7 Å². The van der Waals surface area contributed by atoms with Crippen LogP contribution < -0.4 is 5.32 Å². The Bertz CT molecular complexity index is 1280. The molecule has 1 aromatic carbocycles. The Morgan fingerprint density at radius 1 is 0.882 bits per heavy atom. The number of fused-ring (bicyclic) bond motifs is 1. The molecular weight excluding hydrogens is 473 g/mol. The number of halogens is 2. The third-order valence-corrected chi connectivity index (χ3v) is 6.02. The number of phenolic OH excluding ortho intramolecular Hbond substituents is 1. The summed E-state index contributed by atoms with van der Waals surface area (Å²) < 4.78 is 1.91. The van der Waals surface area contributed by atoms with Crippen molar-refractivity contribution in [2.75, 3.05) is 0 Å². The molecule has 1 aliphatic heterocycles. The lowest BCUT2D eigenvalue weighted by Crippen LogP contribution is -2.58. The van der Waals surface area contributed by atoms with Gasteiger partial charge in [-0.25, -0.2) is 4.68 Å². The molecule has 1 aliphatic rings. The second-order valence-electron chi connectivity index (χ2n) is 9.90. The standard InChI is InChI=1S/C24H27N7O.2ClH/c1-23(2)13-17(14-24(3,4)29-23)31-22-20(27-30-31)12-19(26-28-22)18-6-5-16(11-21(18)32)15-7-9-25-10-8-15;;/h5-12,17,29,32H,13-14H2,1-4H3;2*1H. The van der Waals surface area contributed by atoms with E-state index in [0.717, 1.165) is 24.0 Å². The van der Waals surface area contributed by atoms with E-state index in [1.54, 1.807) is 18.5 Å². The summed E-state index contributed by atoms with van der Waals surface area (Å²) in [5.41, 5.74) is 4.37. The van der Waals surface area contributed by atoms with E-state index in [1.165, 1.54) is 0 Å². The molecule has 0 aliphatic carbocycles. The van der Waals surface area contributed by atoms with Crippen LogP contribution in [-0.4, -0.2) is 46.4 Å². The fraction of sp³-hybridized carbons (Fsp3) is 0.375. The highest BCUT2D eigenvalue weighted by atomic mass is 35.5. The van der Waals surface area contributed by atoms with Crippen LogP contribution in [-0.2, 0) is 0 Å². The largest absolute Gasteiger partial charge is 0.507 e. The third-order valence-electron chi connectivity index (χ3n) is 6.02. The number of piperidine rings is 1. The molecule has 4 heterocycles. The van der Waals surface area contributed by atoms with Gasteiger partial charge in [0.15, 0.2) is 0 Å². The molecule has 5 rings (SSSR count). The van der Waals surface area contributed by atoms with Crippen LogP contribution in [0.5, 0.6) is 5.75 Å². The molecule has 0 atom stereocenters. The Labute approximate surface area is 211 Å². The third kappa shape index (κ3) is 4.99. The first-order chi connectivity index (χ1) is 15.2. The molecule has 0 unspecified atom stereocenters. The number of nitrogens with one attached hydrogen (secondary N) is 1. The van der Waals surface area contributed by atoms with Crippen LogP contribution in [0.4, 0.5) is 0 Å². The minimum Gasteiger partial charge on any atom is -0.507 e. The van der Waals surface area contributed by atoms with Crippen LogP contribution in [0, 0.1) is 0 Å². The molecule has 180 valence electrons. The van der Waals surface area contributed by atoms with Gasteiger partial charge in [0.1, 0.15) is 11.3 Å². The fourth-order valence-corrected chi connectivity index (χ4v) is 5.04. The molecule has 1 fully saturated rings. The predicted molar refractivity (Wildman–Crippen MR) is 138 cm³/mol. The smallest absolute Gasteiger partial charge is 0.201 e. The molecule has 3 aromatic heterocycles. The molecule has 4 aromatic rings. The maximum Gasteiger partial charge on any atom is 0.201 e. The lowest BCUT2D eigenvalue weighted by molar-refractivity contribution is 0.127. The van der Waals surface area contributed by atoms with Crippen molar-refractivity contribution in [3.8, 4) is 28.1 Å². The van der Waals surface area contributed by atoms with Gasteiger partial charge in [-0.1, -0.05) is 11.3 Å². The number of aromatic nitrogens is 6. The van der Waals surface area contributed by atoms with Crippen LogP contribution >= 0.6 is 24.8 Å². The number of nitrogens with zero attached hydrogens (tertiary/aromatic N) is 6. The van der Waals surface area contributed by atoms with Gasteiger partial charge in [0, 0.05) is 29.0 Å². The van der Waals surface area contributed by atoms with Crippen molar-refractivity contribution in [3.05, 3.63) is 48.8 Å². The number of aromatic hydroxyl groups is 1. The van der Waals surface area contributed by atoms with Crippen LogP contribution in [0.3, 0.4) is 0 Å². The highest BCUT2D eigenvalue weighted by molar-refractivity contribution is 5.85. The van der Waals surface area contributed by atoms with Gasteiger partial charge >= 0.3 is 0 Å². The molecule has 0 spiro atoms. The van der Waals surface area contributed by atoms with Crippen molar-refractivity contribution >= 4 is 36.0 Å². The SMILES string of the molecule is CC1(C)CC(n2nnc3cc(-c4ccc(-c5ccncc5)cc4O)nnc32)CC(C)(C)N1.Cl.Cl. The summed E-state index contributed by atoms with van der Waals surface area (Å²) in [5, 5.41) is 32.0. The molecule has 0 bridgehead atoms. The average molecular weight is 502 g/mol. The summed E-state index contributed by atoms with van der Waals surface area (Å²) in [4.78, 5) is 4.04. The quantitative estimate of drug-likeness (QED) is 0.407. The van der Waals surface area contributed by atoms with Crippen molar-refractivity contribution in [3.63, 3.8) is 0 Å².